The molecule has 0 amide bonds. The van der Waals surface area contributed by atoms with E-state index in [1.165, 1.54) is 5.12 Å². The van der Waals surface area contributed by atoms with Crippen LogP contribution in [0.2, 0.25) is 0 Å². The van der Waals surface area contributed by atoms with E-state index in [1.807, 2.05) is 12.1 Å². The maximum absolute atomic E-state index is 11.6. The first kappa shape index (κ1) is 18.8. The third-order valence-corrected chi connectivity index (χ3v) is 5.81. The predicted octanol–water partition coefficient (Wildman–Crippen LogP) is 0.976. The van der Waals surface area contributed by atoms with Crippen LogP contribution in [-0.2, 0) is 20.2 Å². The monoisotopic (exact) mass is 510 g/mol. The molecule has 10 nitrogen and oxygen atoms in total. The fourth-order valence-electron chi connectivity index (χ4n) is 2.16. The van der Waals surface area contributed by atoms with Crippen molar-refractivity contribution in [1.82, 2.24) is 11.0 Å². The second kappa shape index (κ2) is 6.66. The van der Waals surface area contributed by atoms with E-state index in [2.05, 4.69) is 38.7 Å². The van der Waals surface area contributed by atoms with Crippen molar-refractivity contribution in [3.8, 4) is 0 Å². The summed E-state index contributed by atoms with van der Waals surface area (Å²) in [7, 11) is -9.43. The van der Waals surface area contributed by atoms with Gasteiger partial charge in [0.15, 0.2) is 5.84 Å². The zero-order valence-electron chi connectivity index (χ0n) is 12.7. The molecule has 4 N–H and O–H groups in total. The Balaban J connectivity index is 1.98. The van der Waals surface area contributed by atoms with Crippen molar-refractivity contribution in [1.29, 1.82) is 0 Å². The number of hydrogen-bond donors (Lipinski definition) is 4. The van der Waals surface area contributed by atoms with Crippen molar-refractivity contribution in [3.63, 3.8) is 0 Å². The maximum atomic E-state index is 11.6. The van der Waals surface area contributed by atoms with Crippen LogP contribution < -0.4 is 16.1 Å². The Morgan fingerprint density at radius 3 is 2.19 bits per heavy atom. The van der Waals surface area contributed by atoms with E-state index < -0.39 is 30.0 Å². The fourth-order valence-corrected chi connectivity index (χ4v) is 3.82. The minimum absolute atomic E-state index is 0.0260. The van der Waals surface area contributed by atoms with Crippen molar-refractivity contribution in [2.24, 2.45) is 5.10 Å². The summed E-state index contributed by atoms with van der Waals surface area (Å²) >= 11 is 2.14. The number of nitrogens with one attached hydrogen (secondary N) is 2. The van der Waals surface area contributed by atoms with Crippen molar-refractivity contribution in [2.45, 2.75) is 9.79 Å². The molecule has 1 heterocycles. The number of hydrazone groups is 1. The lowest BCUT2D eigenvalue weighted by atomic mass is 10.2. The highest BCUT2D eigenvalue weighted by Gasteiger charge is 2.26. The topological polar surface area (TPSA) is 148 Å². The summed E-state index contributed by atoms with van der Waals surface area (Å²) in [5.74, 6) is 0.0260. The number of nitrogens with zero attached hydrogens (tertiary/aromatic N) is 2. The molecule has 0 aromatic heterocycles. The fraction of sp³-hybridized carbons (Fsp3) is 0. The summed E-state index contributed by atoms with van der Waals surface area (Å²) in [5.41, 5.74) is 6.01. The van der Waals surface area contributed by atoms with Crippen molar-refractivity contribution >= 4 is 54.4 Å². The minimum atomic E-state index is -4.79. The number of amidine groups is 1. The van der Waals surface area contributed by atoms with E-state index in [0.717, 1.165) is 15.7 Å². The smallest absolute Gasteiger partial charge is 0.282 e. The average molecular weight is 510 g/mol. The number of hydrazine groups is 2. The van der Waals surface area contributed by atoms with Crippen LogP contribution in [-0.4, -0.2) is 31.8 Å². The molecule has 1 aliphatic heterocycles. The maximum Gasteiger partial charge on any atom is 0.295 e. The highest BCUT2D eigenvalue weighted by atomic mass is 127. The molecule has 0 saturated carbocycles. The second-order valence-corrected chi connectivity index (χ2v) is 9.15. The molecular formula is C13H11IN4O6S2. The standard InChI is InChI=1S/C13H11IN4O6S2/c14-8-1-3-9(4-2-8)18-16-13(15-17-18)11-6-5-10(25(19,20)21)7-12(11)26(22,23)24/h1-7,17H,(H,15,16)(H,19,20,21)(H,22,23,24). The van der Waals surface area contributed by atoms with Gasteiger partial charge in [0.05, 0.1) is 10.6 Å². The van der Waals surface area contributed by atoms with Crippen LogP contribution in [0.5, 0.6) is 0 Å². The number of hydrogen-bond acceptors (Lipinski definition) is 8. The Kier molecular flexibility index (Phi) is 4.82. The molecule has 0 unspecified atom stereocenters. The lowest BCUT2D eigenvalue weighted by Gasteiger charge is -2.18. The van der Waals surface area contributed by atoms with Crippen molar-refractivity contribution in [3.05, 3.63) is 51.6 Å². The van der Waals surface area contributed by atoms with Crippen LogP contribution in [0.3, 0.4) is 0 Å². The van der Waals surface area contributed by atoms with Gasteiger partial charge < -0.3 is 0 Å². The summed E-state index contributed by atoms with van der Waals surface area (Å²) in [6.45, 7) is 0. The first-order valence-electron chi connectivity index (χ1n) is 6.81. The van der Waals surface area contributed by atoms with Crippen molar-refractivity contribution < 1.29 is 25.9 Å². The molecule has 13 heteroatoms. The number of benzene rings is 2. The molecule has 0 radical (unpaired) electrons. The van der Waals surface area contributed by atoms with Gasteiger partial charge in [-0.3, -0.25) is 14.5 Å². The summed E-state index contributed by atoms with van der Waals surface area (Å²) in [5, 5.41) is 5.34. The summed E-state index contributed by atoms with van der Waals surface area (Å²) in [4.78, 5) is -1.39. The van der Waals surface area contributed by atoms with Crippen LogP contribution >= 0.6 is 22.6 Å². The summed E-state index contributed by atoms with van der Waals surface area (Å²) in [6.07, 6.45) is 0. The zero-order valence-corrected chi connectivity index (χ0v) is 16.4. The molecule has 26 heavy (non-hydrogen) atoms. The molecule has 1 aliphatic rings. The van der Waals surface area contributed by atoms with E-state index in [4.69, 9.17) is 4.55 Å². The Hall–Kier alpha value is -1.94. The predicted molar refractivity (Wildman–Crippen MR) is 101 cm³/mol. The largest absolute Gasteiger partial charge is 0.295 e. The summed E-state index contributed by atoms with van der Waals surface area (Å²) in [6, 6.07) is 10.0. The minimum Gasteiger partial charge on any atom is -0.282 e. The number of rotatable bonds is 4. The third-order valence-electron chi connectivity index (χ3n) is 3.35. The number of anilines is 1. The van der Waals surface area contributed by atoms with Gasteiger partial charge in [0.25, 0.3) is 20.2 Å². The Labute approximate surface area is 162 Å². The Morgan fingerprint density at radius 2 is 1.62 bits per heavy atom. The van der Waals surface area contributed by atoms with E-state index in [9.17, 15) is 21.4 Å². The third kappa shape index (κ3) is 3.90. The van der Waals surface area contributed by atoms with Crippen LogP contribution in [0.25, 0.3) is 0 Å². The highest BCUT2D eigenvalue weighted by Crippen LogP contribution is 2.23. The lowest BCUT2D eigenvalue weighted by Crippen LogP contribution is -2.42. The van der Waals surface area contributed by atoms with Crippen LogP contribution in [0.1, 0.15) is 5.56 Å². The van der Waals surface area contributed by atoms with E-state index in [-0.39, 0.29) is 11.4 Å². The normalized spacial score (nSPS) is 14.6. The van der Waals surface area contributed by atoms with Gasteiger partial charge in [-0.05, 0) is 65.1 Å². The SMILES string of the molecule is O=S(=O)(O)c1ccc(C2=NNN(c3ccc(I)cc3)N2)c(S(=O)(=O)O)c1. The Bertz CT molecular complexity index is 1100. The van der Waals surface area contributed by atoms with Gasteiger partial charge in [-0.2, -0.15) is 27.5 Å². The van der Waals surface area contributed by atoms with Crippen molar-refractivity contribution in [2.75, 3.05) is 5.12 Å². The van der Waals surface area contributed by atoms with Gasteiger partial charge in [0.1, 0.15) is 4.90 Å². The molecule has 0 saturated heterocycles. The van der Waals surface area contributed by atoms with Crippen LogP contribution in [0.15, 0.2) is 57.4 Å². The molecular weight excluding hydrogens is 499 g/mol. The van der Waals surface area contributed by atoms with Gasteiger partial charge in [-0.25, -0.2) is 0 Å². The van der Waals surface area contributed by atoms with Gasteiger partial charge in [0.2, 0.25) is 0 Å². The molecule has 2 aromatic rings. The molecule has 0 fully saturated rings. The molecule has 138 valence electrons. The first-order chi connectivity index (χ1) is 12.1. The van der Waals surface area contributed by atoms with E-state index in [1.54, 1.807) is 12.1 Å². The molecule has 0 spiro atoms. The van der Waals surface area contributed by atoms with Gasteiger partial charge in [0, 0.05) is 9.13 Å². The Morgan fingerprint density at radius 1 is 0.962 bits per heavy atom. The van der Waals surface area contributed by atoms with Gasteiger partial charge in [-0.15, -0.1) is 5.10 Å². The van der Waals surface area contributed by atoms with E-state index >= 15 is 0 Å². The first-order valence-corrected chi connectivity index (χ1v) is 10.8. The van der Waals surface area contributed by atoms with Gasteiger partial charge in [-0.1, -0.05) is 0 Å². The lowest BCUT2D eigenvalue weighted by molar-refractivity contribution is 0.481. The quantitative estimate of drug-likeness (QED) is 0.349. The molecule has 2 aromatic carbocycles. The van der Waals surface area contributed by atoms with Crippen LogP contribution in [0.4, 0.5) is 5.69 Å². The zero-order chi connectivity index (χ0) is 19.1. The van der Waals surface area contributed by atoms with Crippen LogP contribution in [0, 0.1) is 3.57 Å². The molecule has 0 aliphatic carbocycles. The highest BCUT2D eigenvalue weighted by molar-refractivity contribution is 14.1. The average Bonchev–Trinajstić information content (AvgIpc) is 3.03. The molecule has 3 rings (SSSR count). The molecule has 0 atom stereocenters. The molecule has 0 bridgehead atoms. The summed E-state index contributed by atoms with van der Waals surface area (Å²) < 4.78 is 65.2. The van der Waals surface area contributed by atoms with Gasteiger partial charge >= 0.3 is 0 Å². The van der Waals surface area contributed by atoms with E-state index in [0.29, 0.717) is 11.8 Å². The second-order valence-electron chi connectivity index (χ2n) is 5.09. The number of halogens is 1.